The van der Waals surface area contributed by atoms with E-state index in [-0.39, 0.29) is 5.24 Å². The molecule has 4 aliphatic heterocycles. The first-order valence-electron chi connectivity index (χ1n) is 13.6. The van der Waals surface area contributed by atoms with Gasteiger partial charge in [0.15, 0.2) is 0 Å². The Hall–Kier alpha value is -3.45. The van der Waals surface area contributed by atoms with Crippen LogP contribution >= 0.6 is 11.8 Å². The minimum atomic E-state index is -0.392. The number of morpholine rings is 1. The van der Waals surface area contributed by atoms with E-state index in [1.54, 1.807) is 6.08 Å². The van der Waals surface area contributed by atoms with Crippen molar-refractivity contribution in [3.63, 3.8) is 0 Å². The minimum absolute atomic E-state index is 0.340. The van der Waals surface area contributed by atoms with Crippen molar-refractivity contribution in [2.75, 3.05) is 85.2 Å². The van der Waals surface area contributed by atoms with E-state index in [2.05, 4.69) is 31.0 Å². The second-order valence-electron chi connectivity index (χ2n) is 10.1. The van der Waals surface area contributed by atoms with E-state index >= 15 is 0 Å². The maximum atomic E-state index is 12.2. The minimum Gasteiger partial charge on any atom is -0.378 e. The number of imide groups is 1. The summed E-state index contributed by atoms with van der Waals surface area (Å²) in [6, 6.07) is 3.95. The standard InChI is InChI=1S/C26H33N9O3S/c1-18-15-21(29-24(27-18)34-5-2-3-6-34)32-7-4-8-35(10-9-32)25-28-19(16-20-23(36)31-26(37)39-20)17-22(30-25)33-11-13-38-14-12-33/h15-17H,2-14H2,1H3,(H,31,36,37). The third-order valence-electron chi connectivity index (χ3n) is 7.30. The van der Waals surface area contributed by atoms with Gasteiger partial charge in [-0.15, -0.1) is 0 Å². The summed E-state index contributed by atoms with van der Waals surface area (Å²) in [6.45, 7) is 10.0. The average molecular weight is 552 g/mol. The zero-order valence-electron chi connectivity index (χ0n) is 22.1. The van der Waals surface area contributed by atoms with Gasteiger partial charge in [-0.25, -0.2) is 9.97 Å². The number of anilines is 4. The lowest BCUT2D eigenvalue weighted by Crippen LogP contribution is -2.37. The van der Waals surface area contributed by atoms with Crippen LogP contribution in [0.4, 0.5) is 28.3 Å². The number of carbonyl (C=O) groups is 2. The summed E-state index contributed by atoms with van der Waals surface area (Å²) < 4.78 is 5.53. The van der Waals surface area contributed by atoms with Crippen LogP contribution in [0.2, 0.25) is 0 Å². The van der Waals surface area contributed by atoms with Crippen LogP contribution in [-0.4, -0.2) is 96.7 Å². The number of nitrogens with one attached hydrogen (secondary N) is 1. The Balaban J connectivity index is 1.25. The zero-order chi connectivity index (χ0) is 26.8. The van der Waals surface area contributed by atoms with Crippen molar-refractivity contribution < 1.29 is 14.3 Å². The molecule has 1 N–H and O–H groups in total. The first-order valence-corrected chi connectivity index (χ1v) is 14.4. The highest BCUT2D eigenvalue weighted by atomic mass is 32.2. The summed E-state index contributed by atoms with van der Waals surface area (Å²) in [5.74, 6) is 2.83. The topological polar surface area (TPSA) is 120 Å². The number of ether oxygens (including phenoxy) is 1. The van der Waals surface area contributed by atoms with Crippen molar-refractivity contribution in [1.29, 1.82) is 0 Å². The molecule has 0 unspecified atom stereocenters. The van der Waals surface area contributed by atoms with Crippen LogP contribution in [0.1, 0.15) is 30.7 Å². The molecule has 2 aromatic rings. The Kier molecular flexibility index (Phi) is 7.51. The number of amides is 2. The lowest BCUT2D eigenvalue weighted by Gasteiger charge is -2.29. The van der Waals surface area contributed by atoms with E-state index in [0.717, 1.165) is 93.8 Å². The van der Waals surface area contributed by atoms with E-state index in [1.807, 2.05) is 13.0 Å². The Morgan fingerprint density at radius 3 is 2.13 bits per heavy atom. The van der Waals surface area contributed by atoms with Crippen LogP contribution < -0.4 is 24.9 Å². The quantitative estimate of drug-likeness (QED) is 0.548. The van der Waals surface area contributed by atoms with Gasteiger partial charge in [0.25, 0.3) is 11.1 Å². The van der Waals surface area contributed by atoms with Crippen molar-refractivity contribution in [1.82, 2.24) is 25.3 Å². The Bertz CT molecular complexity index is 1280. The number of nitrogens with zero attached hydrogens (tertiary/aromatic N) is 8. The molecule has 39 heavy (non-hydrogen) atoms. The first kappa shape index (κ1) is 25.8. The fraction of sp³-hybridized carbons (Fsp3) is 0.538. The normalized spacial score (nSPS) is 21.6. The van der Waals surface area contributed by atoms with Crippen LogP contribution in [0.25, 0.3) is 6.08 Å². The number of rotatable bonds is 5. The second kappa shape index (κ2) is 11.3. The predicted molar refractivity (Wildman–Crippen MR) is 151 cm³/mol. The van der Waals surface area contributed by atoms with Gasteiger partial charge in [-0.1, -0.05) is 0 Å². The Morgan fingerprint density at radius 1 is 0.769 bits per heavy atom. The van der Waals surface area contributed by atoms with E-state index in [1.165, 1.54) is 12.8 Å². The highest BCUT2D eigenvalue weighted by Gasteiger charge is 2.27. The van der Waals surface area contributed by atoms with Crippen molar-refractivity contribution >= 4 is 52.5 Å². The monoisotopic (exact) mass is 551 g/mol. The van der Waals surface area contributed by atoms with Crippen molar-refractivity contribution in [3.05, 3.63) is 28.4 Å². The van der Waals surface area contributed by atoms with Gasteiger partial charge in [-0.05, 0) is 44.0 Å². The van der Waals surface area contributed by atoms with E-state index in [9.17, 15) is 9.59 Å². The highest BCUT2D eigenvalue weighted by Crippen LogP contribution is 2.28. The first-order chi connectivity index (χ1) is 19.0. The van der Waals surface area contributed by atoms with Gasteiger partial charge in [0.1, 0.15) is 11.6 Å². The largest absolute Gasteiger partial charge is 0.378 e. The summed E-state index contributed by atoms with van der Waals surface area (Å²) in [7, 11) is 0. The van der Waals surface area contributed by atoms with Crippen LogP contribution in [0, 0.1) is 6.92 Å². The second-order valence-corrected chi connectivity index (χ2v) is 11.1. The molecule has 4 aliphatic rings. The van der Waals surface area contributed by atoms with Crippen molar-refractivity contribution in [3.8, 4) is 0 Å². The molecular formula is C26H33N9O3S. The van der Waals surface area contributed by atoms with Crippen LogP contribution in [-0.2, 0) is 9.53 Å². The Morgan fingerprint density at radius 2 is 1.38 bits per heavy atom. The molecule has 2 aromatic heterocycles. The van der Waals surface area contributed by atoms with Gasteiger partial charge in [0.2, 0.25) is 11.9 Å². The molecule has 12 nitrogen and oxygen atoms in total. The fourth-order valence-corrected chi connectivity index (χ4v) is 5.94. The molecule has 4 fully saturated rings. The van der Waals surface area contributed by atoms with Gasteiger partial charge in [0, 0.05) is 70.2 Å². The molecule has 0 atom stereocenters. The van der Waals surface area contributed by atoms with E-state index in [0.29, 0.717) is 29.8 Å². The molecule has 0 spiro atoms. The number of aryl methyl sites for hydroxylation is 1. The number of hydrogen-bond donors (Lipinski definition) is 1. The molecule has 0 aromatic carbocycles. The molecular weight excluding hydrogens is 518 g/mol. The number of carbonyl (C=O) groups excluding carboxylic acids is 2. The maximum Gasteiger partial charge on any atom is 0.290 e. The average Bonchev–Trinajstić information content (AvgIpc) is 3.51. The molecule has 0 radical (unpaired) electrons. The number of thioether (sulfide) groups is 1. The van der Waals surface area contributed by atoms with Crippen LogP contribution in [0.5, 0.6) is 0 Å². The van der Waals surface area contributed by atoms with Crippen molar-refractivity contribution in [2.24, 2.45) is 0 Å². The molecule has 4 saturated heterocycles. The lowest BCUT2D eigenvalue weighted by molar-refractivity contribution is -0.115. The molecule has 206 valence electrons. The van der Waals surface area contributed by atoms with E-state index in [4.69, 9.17) is 24.7 Å². The SMILES string of the molecule is Cc1cc(N2CCCN(c3nc(C=C4SC(=O)NC4=O)cc(N4CCOCC4)n3)CC2)nc(N2CCCC2)n1. The predicted octanol–water partition coefficient (Wildman–Crippen LogP) is 2.05. The third kappa shape index (κ3) is 5.93. The smallest absolute Gasteiger partial charge is 0.290 e. The van der Waals surface area contributed by atoms with Crippen LogP contribution in [0.15, 0.2) is 17.0 Å². The molecule has 2 amide bonds. The summed E-state index contributed by atoms with van der Waals surface area (Å²) in [5.41, 5.74) is 1.59. The molecule has 0 aliphatic carbocycles. The van der Waals surface area contributed by atoms with Gasteiger partial charge in [-0.2, -0.15) is 9.97 Å². The number of hydrogen-bond acceptors (Lipinski definition) is 12. The summed E-state index contributed by atoms with van der Waals surface area (Å²) in [5, 5.41) is 1.95. The molecule has 6 heterocycles. The number of aromatic nitrogens is 4. The zero-order valence-corrected chi connectivity index (χ0v) is 23.0. The molecule has 6 rings (SSSR count). The third-order valence-corrected chi connectivity index (χ3v) is 8.11. The van der Waals surface area contributed by atoms with Gasteiger partial charge < -0.3 is 24.3 Å². The van der Waals surface area contributed by atoms with Gasteiger partial charge in [0.05, 0.1) is 23.8 Å². The molecule has 13 heteroatoms. The summed E-state index contributed by atoms with van der Waals surface area (Å²) in [4.78, 5) is 52.6. The van der Waals surface area contributed by atoms with Crippen LogP contribution in [0.3, 0.4) is 0 Å². The lowest BCUT2D eigenvalue weighted by atomic mass is 10.3. The van der Waals surface area contributed by atoms with Crippen molar-refractivity contribution in [2.45, 2.75) is 26.2 Å². The Labute approximate surface area is 231 Å². The highest BCUT2D eigenvalue weighted by molar-refractivity contribution is 8.18. The summed E-state index contributed by atoms with van der Waals surface area (Å²) >= 11 is 0.896. The molecule has 0 saturated carbocycles. The van der Waals surface area contributed by atoms with Gasteiger partial charge >= 0.3 is 0 Å². The molecule has 0 bridgehead atoms. The van der Waals surface area contributed by atoms with Gasteiger partial charge in [-0.3, -0.25) is 14.9 Å². The van der Waals surface area contributed by atoms with E-state index < -0.39 is 5.91 Å². The summed E-state index contributed by atoms with van der Waals surface area (Å²) in [6.07, 6.45) is 4.98. The fourth-order valence-electron chi connectivity index (χ4n) is 5.27. The maximum absolute atomic E-state index is 12.2.